The molecule has 0 bridgehead atoms. The topological polar surface area (TPSA) is 131 Å². The third-order valence-corrected chi connectivity index (χ3v) is 4.66. The molecule has 0 unspecified atom stereocenters. The molecule has 12 nitrogen and oxygen atoms in total. The third-order valence-electron chi connectivity index (χ3n) is 4.66. The van der Waals surface area contributed by atoms with Gasteiger partial charge in [-0.25, -0.2) is 15.2 Å². The molecule has 0 spiro atoms. The average molecular weight is 430 g/mol. The number of ether oxygens (including phenoxy) is 3. The number of aromatic nitrogens is 4. The van der Waals surface area contributed by atoms with E-state index in [2.05, 4.69) is 15.5 Å². The van der Waals surface area contributed by atoms with E-state index >= 15 is 0 Å². The Morgan fingerprint density at radius 3 is 2.35 bits per heavy atom. The van der Waals surface area contributed by atoms with Crippen molar-refractivity contribution in [2.45, 2.75) is 6.54 Å². The molecule has 1 amide bonds. The number of nitrogens with one attached hydrogen (secondary N) is 1. The SMILES string of the molecule is COc1cc(OC)c(OC)cc1/C=N/NC(=O)Cn1cnc2c1c(=O)n(C)c(=O)n2C. The first-order chi connectivity index (χ1) is 14.8. The molecule has 0 aliphatic rings. The molecular weight excluding hydrogens is 408 g/mol. The van der Waals surface area contributed by atoms with Crippen LogP contribution < -0.4 is 30.9 Å². The molecule has 164 valence electrons. The lowest BCUT2D eigenvalue weighted by molar-refractivity contribution is -0.121. The molecule has 31 heavy (non-hydrogen) atoms. The largest absolute Gasteiger partial charge is 0.496 e. The molecular formula is C19H22N6O6. The normalized spacial score (nSPS) is 11.1. The minimum Gasteiger partial charge on any atom is -0.496 e. The molecule has 0 saturated heterocycles. The highest BCUT2D eigenvalue weighted by atomic mass is 16.5. The second-order valence-corrected chi connectivity index (χ2v) is 6.49. The summed E-state index contributed by atoms with van der Waals surface area (Å²) >= 11 is 0. The number of hydrogen-bond acceptors (Lipinski definition) is 8. The van der Waals surface area contributed by atoms with Gasteiger partial charge in [-0.1, -0.05) is 0 Å². The lowest BCUT2D eigenvalue weighted by atomic mass is 10.2. The molecule has 12 heteroatoms. The number of carbonyl (C=O) groups is 1. The summed E-state index contributed by atoms with van der Waals surface area (Å²) in [5.41, 5.74) is 2.24. The zero-order chi connectivity index (χ0) is 22.7. The van der Waals surface area contributed by atoms with Crippen molar-refractivity contribution < 1.29 is 19.0 Å². The van der Waals surface area contributed by atoms with E-state index in [1.54, 1.807) is 12.1 Å². The van der Waals surface area contributed by atoms with E-state index in [0.717, 1.165) is 4.57 Å². The van der Waals surface area contributed by atoms with Gasteiger partial charge >= 0.3 is 5.69 Å². The average Bonchev–Trinajstić information content (AvgIpc) is 3.19. The first-order valence-electron chi connectivity index (χ1n) is 9.05. The Kier molecular flexibility index (Phi) is 6.09. The number of carbonyl (C=O) groups excluding carboxylic acids is 1. The van der Waals surface area contributed by atoms with Gasteiger partial charge in [0.2, 0.25) is 0 Å². The van der Waals surface area contributed by atoms with E-state index in [9.17, 15) is 14.4 Å². The second kappa shape index (κ2) is 8.73. The first kappa shape index (κ1) is 21.6. The van der Waals surface area contributed by atoms with Crippen LogP contribution in [0.4, 0.5) is 0 Å². The number of hydrogen-bond donors (Lipinski definition) is 1. The molecule has 0 fully saturated rings. The standard InChI is InChI=1S/C19H22N6O6/c1-23-17-16(18(27)24(2)19(23)28)25(10-20-17)9-15(26)22-21-8-11-6-13(30-4)14(31-5)7-12(11)29-3/h6-8,10H,9H2,1-5H3,(H,22,26)/b21-8+. The van der Waals surface area contributed by atoms with Crippen molar-refractivity contribution >= 4 is 23.3 Å². The monoisotopic (exact) mass is 430 g/mol. The Morgan fingerprint density at radius 2 is 1.71 bits per heavy atom. The summed E-state index contributed by atoms with van der Waals surface area (Å²) in [4.78, 5) is 40.9. The van der Waals surface area contributed by atoms with Gasteiger partial charge in [-0.3, -0.25) is 18.7 Å². The van der Waals surface area contributed by atoms with Gasteiger partial charge in [-0.15, -0.1) is 0 Å². The van der Waals surface area contributed by atoms with Crippen LogP contribution in [0.3, 0.4) is 0 Å². The fourth-order valence-corrected chi connectivity index (χ4v) is 3.03. The van der Waals surface area contributed by atoms with Crippen molar-refractivity contribution in [1.29, 1.82) is 0 Å². The molecule has 2 aromatic heterocycles. The maximum atomic E-state index is 12.4. The van der Waals surface area contributed by atoms with Gasteiger partial charge in [-0.2, -0.15) is 5.10 Å². The van der Waals surface area contributed by atoms with Crippen LogP contribution in [0.5, 0.6) is 17.2 Å². The fourth-order valence-electron chi connectivity index (χ4n) is 3.03. The maximum absolute atomic E-state index is 12.4. The van der Waals surface area contributed by atoms with E-state index in [1.807, 2.05) is 0 Å². The number of imidazole rings is 1. The molecule has 2 heterocycles. The van der Waals surface area contributed by atoms with Crippen LogP contribution in [0.25, 0.3) is 11.2 Å². The van der Waals surface area contributed by atoms with E-state index in [4.69, 9.17) is 14.2 Å². The van der Waals surface area contributed by atoms with Crippen molar-refractivity contribution in [3.63, 3.8) is 0 Å². The van der Waals surface area contributed by atoms with E-state index in [1.165, 1.54) is 57.1 Å². The highest BCUT2D eigenvalue weighted by molar-refractivity contribution is 5.86. The quantitative estimate of drug-likeness (QED) is 0.399. The number of hydrazone groups is 1. The smallest absolute Gasteiger partial charge is 0.332 e. The Bertz CT molecular complexity index is 1290. The molecule has 3 rings (SSSR count). The fraction of sp³-hybridized carbons (Fsp3) is 0.316. The van der Waals surface area contributed by atoms with Gasteiger partial charge in [0.05, 0.1) is 33.9 Å². The number of fused-ring (bicyclic) bond motifs is 1. The van der Waals surface area contributed by atoms with Crippen LogP contribution >= 0.6 is 0 Å². The van der Waals surface area contributed by atoms with Gasteiger partial charge < -0.3 is 18.8 Å². The summed E-state index contributed by atoms with van der Waals surface area (Å²) in [6.45, 7) is -0.218. The van der Waals surface area contributed by atoms with Crippen LogP contribution in [0.15, 0.2) is 33.2 Å². The van der Waals surface area contributed by atoms with Crippen molar-refractivity contribution in [3.8, 4) is 17.2 Å². The second-order valence-electron chi connectivity index (χ2n) is 6.49. The summed E-state index contributed by atoms with van der Waals surface area (Å²) in [5.74, 6) is 0.942. The van der Waals surface area contributed by atoms with E-state index < -0.39 is 17.2 Å². The maximum Gasteiger partial charge on any atom is 0.332 e. The molecule has 1 N–H and O–H groups in total. The van der Waals surface area contributed by atoms with Crippen molar-refractivity contribution in [1.82, 2.24) is 24.1 Å². The number of aryl methyl sites for hydroxylation is 1. The highest BCUT2D eigenvalue weighted by Crippen LogP contribution is 2.33. The van der Waals surface area contributed by atoms with Crippen molar-refractivity contribution in [2.75, 3.05) is 21.3 Å². The molecule has 1 aromatic carbocycles. The van der Waals surface area contributed by atoms with E-state index in [0.29, 0.717) is 22.8 Å². The summed E-state index contributed by atoms with van der Waals surface area (Å²) in [6, 6.07) is 3.29. The Balaban J connectivity index is 1.81. The zero-order valence-corrected chi connectivity index (χ0v) is 17.7. The summed E-state index contributed by atoms with van der Waals surface area (Å²) in [5, 5.41) is 3.94. The Hall–Kier alpha value is -4.09. The minimum atomic E-state index is -0.540. The van der Waals surface area contributed by atoms with Crippen LogP contribution in [0, 0.1) is 0 Å². The van der Waals surface area contributed by atoms with Crippen LogP contribution in [0.2, 0.25) is 0 Å². The predicted octanol–water partition coefficient (Wildman–Crippen LogP) is -0.390. The predicted molar refractivity (Wildman–Crippen MR) is 112 cm³/mol. The molecule has 0 aliphatic carbocycles. The zero-order valence-electron chi connectivity index (χ0n) is 17.7. The first-order valence-corrected chi connectivity index (χ1v) is 9.05. The molecule has 0 saturated carbocycles. The van der Waals surface area contributed by atoms with E-state index in [-0.39, 0.29) is 17.7 Å². The van der Waals surface area contributed by atoms with Gasteiger partial charge in [0.1, 0.15) is 12.3 Å². The lowest BCUT2D eigenvalue weighted by Gasteiger charge is -2.11. The molecule has 0 atom stereocenters. The Labute approximate surface area is 176 Å². The summed E-state index contributed by atoms with van der Waals surface area (Å²) < 4.78 is 19.4. The molecule has 0 aliphatic heterocycles. The Morgan fingerprint density at radius 1 is 1.06 bits per heavy atom. The van der Waals surface area contributed by atoms with Gasteiger partial charge in [0.15, 0.2) is 22.7 Å². The lowest BCUT2D eigenvalue weighted by Crippen LogP contribution is -2.38. The highest BCUT2D eigenvalue weighted by Gasteiger charge is 2.16. The number of rotatable bonds is 7. The van der Waals surface area contributed by atoms with Crippen molar-refractivity contribution in [3.05, 3.63) is 44.9 Å². The molecule has 0 radical (unpaired) electrons. The summed E-state index contributed by atoms with van der Waals surface area (Å²) in [7, 11) is 7.37. The van der Waals surface area contributed by atoms with Crippen molar-refractivity contribution in [2.24, 2.45) is 19.2 Å². The van der Waals surface area contributed by atoms with Crippen LogP contribution in [-0.2, 0) is 25.4 Å². The number of methoxy groups -OCH3 is 3. The number of amides is 1. The van der Waals surface area contributed by atoms with Gasteiger partial charge in [0, 0.05) is 25.7 Å². The minimum absolute atomic E-state index is 0.144. The third kappa shape index (κ3) is 3.99. The van der Waals surface area contributed by atoms with Gasteiger partial charge in [-0.05, 0) is 6.07 Å². The molecule has 3 aromatic rings. The summed E-state index contributed by atoms with van der Waals surface area (Å²) in [6.07, 6.45) is 2.72. The number of benzene rings is 1. The van der Waals surface area contributed by atoms with Crippen LogP contribution in [0.1, 0.15) is 5.56 Å². The van der Waals surface area contributed by atoms with Crippen LogP contribution in [-0.4, -0.2) is 52.1 Å². The number of nitrogens with zero attached hydrogens (tertiary/aromatic N) is 5. The van der Waals surface area contributed by atoms with Gasteiger partial charge in [0.25, 0.3) is 11.5 Å².